The summed E-state index contributed by atoms with van der Waals surface area (Å²) in [7, 11) is 0. The lowest BCUT2D eigenvalue weighted by Gasteiger charge is -2.11. The standard InChI is InChI=1S/C11H12O2.C7H10O3/c1-3-11(12)13-9(2)10-7-5-4-6-8-10;1-3-7(8)10-5(2)6-4-9-6/h3-9H,1H2,2H3;3,5-6H,1,4H2,2H3. The molecule has 5 nitrogen and oxygen atoms in total. The minimum Gasteiger partial charge on any atom is -0.457 e. The van der Waals surface area contributed by atoms with E-state index in [1.54, 1.807) is 6.92 Å². The van der Waals surface area contributed by atoms with Gasteiger partial charge in [-0.05, 0) is 19.4 Å². The van der Waals surface area contributed by atoms with Gasteiger partial charge in [0, 0.05) is 12.2 Å². The molecule has 0 radical (unpaired) electrons. The Kier molecular flexibility index (Phi) is 7.77. The minimum atomic E-state index is -0.392. The molecule has 0 aromatic heterocycles. The van der Waals surface area contributed by atoms with Crippen molar-refractivity contribution in [1.82, 2.24) is 0 Å². The Hall–Kier alpha value is -2.40. The summed E-state index contributed by atoms with van der Waals surface area (Å²) in [5.41, 5.74) is 0.984. The Bertz CT molecular complexity index is 534. The molecule has 0 saturated carbocycles. The highest BCUT2D eigenvalue weighted by atomic mass is 16.6. The number of hydrogen-bond donors (Lipinski definition) is 0. The van der Waals surface area contributed by atoms with Gasteiger partial charge < -0.3 is 14.2 Å². The van der Waals surface area contributed by atoms with E-state index in [9.17, 15) is 9.59 Å². The lowest BCUT2D eigenvalue weighted by molar-refractivity contribution is -0.143. The third kappa shape index (κ3) is 7.42. The van der Waals surface area contributed by atoms with Crippen LogP contribution in [0.5, 0.6) is 0 Å². The highest BCUT2D eigenvalue weighted by Crippen LogP contribution is 2.16. The first-order chi connectivity index (χ1) is 11.0. The summed E-state index contributed by atoms with van der Waals surface area (Å²) in [6.07, 6.45) is 2.08. The zero-order valence-corrected chi connectivity index (χ0v) is 13.4. The van der Waals surface area contributed by atoms with Crippen molar-refractivity contribution in [3.63, 3.8) is 0 Å². The number of carbonyl (C=O) groups excluding carboxylic acids is 2. The van der Waals surface area contributed by atoms with Crippen LogP contribution in [0.2, 0.25) is 0 Å². The molecule has 0 amide bonds. The highest BCUT2D eigenvalue weighted by molar-refractivity contribution is 5.81. The van der Waals surface area contributed by atoms with Crippen LogP contribution in [0.15, 0.2) is 55.6 Å². The lowest BCUT2D eigenvalue weighted by Crippen LogP contribution is -2.18. The molecule has 0 bridgehead atoms. The molecule has 1 aliphatic heterocycles. The quantitative estimate of drug-likeness (QED) is 0.458. The smallest absolute Gasteiger partial charge is 0.330 e. The van der Waals surface area contributed by atoms with E-state index in [0.29, 0.717) is 6.61 Å². The van der Waals surface area contributed by atoms with Crippen molar-refractivity contribution in [2.75, 3.05) is 6.61 Å². The van der Waals surface area contributed by atoms with E-state index in [0.717, 1.165) is 11.6 Å². The van der Waals surface area contributed by atoms with E-state index < -0.39 is 5.97 Å². The van der Waals surface area contributed by atoms with E-state index in [1.807, 2.05) is 37.3 Å². The molecule has 0 N–H and O–H groups in total. The van der Waals surface area contributed by atoms with Gasteiger partial charge in [0.25, 0.3) is 0 Å². The van der Waals surface area contributed by atoms with Crippen molar-refractivity contribution in [1.29, 1.82) is 0 Å². The summed E-state index contributed by atoms with van der Waals surface area (Å²) < 4.78 is 14.8. The Balaban J connectivity index is 0.000000238. The second-order valence-electron chi connectivity index (χ2n) is 4.91. The molecule has 1 aromatic carbocycles. The van der Waals surface area contributed by atoms with E-state index in [4.69, 9.17) is 14.2 Å². The number of esters is 2. The molecule has 3 unspecified atom stereocenters. The van der Waals surface area contributed by atoms with E-state index in [1.165, 1.54) is 6.08 Å². The van der Waals surface area contributed by atoms with E-state index in [2.05, 4.69) is 13.2 Å². The Morgan fingerprint density at radius 2 is 1.65 bits per heavy atom. The minimum absolute atomic E-state index is 0.115. The molecule has 5 heteroatoms. The van der Waals surface area contributed by atoms with Gasteiger partial charge in [0.2, 0.25) is 0 Å². The zero-order valence-electron chi connectivity index (χ0n) is 13.4. The van der Waals surface area contributed by atoms with E-state index in [-0.39, 0.29) is 24.3 Å². The normalized spacial score (nSPS) is 17.6. The third-order valence-corrected chi connectivity index (χ3v) is 3.08. The van der Waals surface area contributed by atoms with Crippen molar-refractivity contribution in [3.05, 3.63) is 61.2 Å². The number of epoxide rings is 1. The Morgan fingerprint density at radius 3 is 2.13 bits per heavy atom. The van der Waals surface area contributed by atoms with Crippen LogP contribution in [0.4, 0.5) is 0 Å². The van der Waals surface area contributed by atoms with Gasteiger partial charge in [-0.1, -0.05) is 43.5 Å². The molecule has 0 spiro atoms. The second-order valence-corrected chi connectivity index (χ2v) is 4.91. The van der Waals surface area contributed by atoms with Gasteiger partial charge in [-0.3, -0.25) is 0 Å². The zero-order chi connectivity index (χ0) is 17.2. The summed E-state index contributed by atoms with van der Waals surface area (Å²) in [4.78, 5) is 21.4. The number of ether oxygens (including phenoxy) is 3. The number of rotatable bonds is 6. The van der Waals surface area contributed by atoms with Gasteiger partial charge in [0.05, 0.1) is 6.61 Å². The first-order valence-corrected chi connectivity index (χ1v) is 7.30. The largest absolute Gasteiger partial charge is 0.457 e. The van der Waals surface area contributed by atoms with Crippen LogP contribution < -0.4 is 0 Å². The Morgan fingerprint density at radius 1 is 1.13 bits per heavy atom. The molecule has 3 atom stereocenters. The maximum absolute atomic E-state index is 10.9. The fourth-order valence-corrected chi connectivity index (χ4v) is 1.65. The average Bonchev–Trinajstić information content (AvgIpc) is 3.41. The van der Waals surface area contributed by atoms with Crippen LogP contribution in [0.25, 0.3) is 0 Å². The molecule has 2 rings (SSSR count). The molecular formula is C18H22O5. The lowest BCUT2D eigenvalue weighted by atomic mass is 10.1. The molecule has 1 saturated heterocycles. The molecule has 1 aromatic rings. The van der Waals surface area contributed by atoms with Gasteiger partial charge in [0.1, 0.15) is 18.3 Å². The van der Waals surface area contributed by atoms with Crippen LogP contribution in [0.1, 0.15) is 25.5 Å². The summed E-state index contributed by atoms with van der Waals surface area (Å²) in [5, 5.41) is 0. The molecule has 1 aliphatic rings. The van der Waals surface area contributed by atoms with Crippen molar-refractivity contribution in [2.45, 2.75) is 32.2 Å². The van der Waals surface area contributed by atoms with Crippen LogP contribution in [-0.2, 0) is 23.8 Å². The second kappa shape index (κ2) is 9.58. The van der Waals surface area contributed by atoms with Crippen molar-refractivity contribution in [2.24, 2.45) is 0 Å². The topological polar surface area (TPSA) is 65.1 Å². The van der Waals surface area contributed by atoms with Gasteiger partial charge in [-0.15, -0.1) is 0 Å². The van der Waals surface area contributed by atoms with Gasteiger partial charge in [-0.2, -0.15) is 0 Å². The maximum Gasteiger partial charge on any atom is 0.330 e. The van der Waals surface area contributed by atoms with Crippen LogP contribution in [0.3, 0.4) is 0 Å². The molecule has 124 valence electrons. The summed E-state index contributed by atoms with van der Waals surface area (Å²) >= 11 is 0. The summed E-state index contributed by atoms with van der Waals surface area (Å²) in [6, 6.07) is 9.58. The molecular weight excluding hydrogens is 296 g/mol. The van der Waals surface area contributed by atoms with Crippen LogP contribution in [-0.4, -0.2) is 30.8 Å². The average molecular weight is 318 g/mol. The van der Waals surface area contributed by atoms with Crippen molar-refractivity contribution in [3.8, 4) is 0 Å². The molecule has 23 heavy (non-hydrogen) atoms. The predicted molar refractivity (Wildman–Crippen MR) is 86.6 cm³/mol. The van der Waals surface area contributed by atoms with Crippen LogP contribution in [0, 0.1) is 0 Å². The first-order valence-electron chi connectivity index (χ1n) is 7.30. The molecule has 1 heterocycles. The fourth-order valence-electron chi connectivity index (χ4n) is 1.65. The summed E-state index contributed by atoms with van der Waals surface area (Å²) in [5.74, 6) is -0.778. The summed E-state index contributed by atoms with van der Waals surface area (Å²) in [6.45, 7) is 10.9. The SMILES string of the molecule is C=CC(=O)OC(C)C1CO1.C=CC(=O)OC(C)c1ccccc1. The fraction of sp³-hybridized carbons (Fsp3) is 0.333. The maximum atomic E-state index is 10.9. The number of hydrogen-bond acceptors (Lipinski definition) is 5. The van der Waals surface area contributed by atoms with Crippen molar-refractivity contribution < 1.29 is 23.8 Å². The van der Waals surface area contributed by atoms with Gasteiger partial charge in [0.15, 0.2) is 0 Å². The molecule has 1 fully saturated rings. The number of carbonyl (C=O) groups is 2. The van der Waals surface area contributed by atoms with Gasteiger partial charge in [-0.25, -0.2) is 9.59 Å². The van der Waals surface area contributed by atoms with Crippen LogP contribution >= 0.6 is 0 Å². The predicted octanol–water partition coefficient (Wildman–Crippen LogP) is 2.98. The molecule has 0 aliphatic carbocycles. The highest BCUT2D eigenvalue weighted by Gasteiger charge is 2.31. The Labute approximate surface area is 136 Å². The first kappa shape index (κ1) is 18.6. The van der Waals surface area contributed by atoms with Gasteiger partial charge >= 0.3 is 11.9 Å². The third-order valence-electron chi connectivity index (χ3n) is 3.08. The monoisotopic (exact) mass is 318 g/mol. The van der Waals surface area contributed by atoms with Crippen molar-refractivity contribution >= 4 is 11.9 Å². The van der Waals surface area contributed by atoms with E-state index >= 15 is 0 Å². The number of benzene rings is 1.